The summed E-state index contributed by atoms with van der Waals surface area (Å²) < 4.78 is 5.42. The van der Waals surface area contributed by atoms with Gasteiger partial charge in [0.05, 0.1) is 13.2 Å². The van der Waals surface area contributed by atoms with Crippen molar-refractivity contribution in [2.24, 2.45) is 0 Å². The van der Waals surface area contributed by atoms with Crippen LogP contribution in [0.3, 0.4) is 0 Å². The van der Waals surface area contributed by atoms with Crippen molar-refractivity contribution >= 4 is 0 Å². The molecule has 1 rings (SSSR count). The largest absolute Gasteiger partial charge is 0.496 e. The molecule has 0 bridgehead atoms. The molecule has 0 heterocycles. The fourth-order valence-electron chi connectivity index (χ4n) is 2.24. The third kappa shape index (κ3) is 3.47. The molecule has 0 radical (unpaired) electrons. The molecule has 2 N–H and O–H groups in total. The van der Waals surface area contributed by atoms with Gasteiger partial charge in [-0.2, -0.15) is 0 Å². The molecule has 1 aromatic carbocycles. The lowest BCUT2D eigenvalue weighted by molar-refractivity contribution is 0.132. The van der Waals surface area contributed by atoms with E-state index < -0.39 is 6.10 Å². The van der Waals surface area contributed by atoms with E-state index in [1.54, 1.807) is 7.11 Å². The van der Waals surface area contributed by atoms with Crippen LogP contribution in [-0.4, -0.2) is 24.8 Å². The van der Waals surface area contributed by atoms with Crippen LogP contribution in [0.2, 0.25) is 0 Å². The van der Waals surface area contributed by atoms with Gasteiger partial charge < -0.3 is 15.2 Å². The summed E-state index contributed by atoms with van der Waals surface area (Å²) in [7, 11) is 1.65. The predicted octanol–water partition coefficient (Wildman–Crippen LogP) is 2.73. The third-order valence-electron chi connectivity index (χ3n) is 3.16. The second kappa shape index (κ2) is 6.76. The van der Waals surface area contributed by atoms with Gasteiger partial charge in [0.2, 0.25) is 0 Å². The van der Waals surface area contributed by atoms with Gasteiger partial charge in [-0.05, 0) is 45.4 Å². The second-order valence-corrected chi connectivity index (χ2v) is 4.89. The van der Waals surface area contributed by atoms with Gasteiger partial charge in [0.25, 0.3) is 0 Å². The van der Waals surface area contributed by atoms with E-state index in [2.05, 4.69) is 18.3 Å². The molecule has 3 nitrogen and oxygen atoms in total. The number of aliphatic hydroxyl groups is 1. The van der Waals surface area contributed by atoms with Crippen LogP contribution >= 0.6 is 0 Å². The molecule has 0 saturated heterocycles. The summed E-state index contributed by atoms with van der Waals surface area (Å²) in [6.45, 7) is 9.06. The highest BCUT2D eigenvalue weighted by atomic mass is 16.5. The van der Waals surface area contributed by atoms with Crippen LogP contribution in [-0.2, 0) is 0 Å². The normalized spacial score (nSPS) is 14.3. The zero-order chi connectivity index (χ0) is 13.7. The van der Waals surface area contributed by atoms with Crippen LogP contribution in [0.1, 0.15) is 43.1 Å². The van der Waals surface area contributed by atoms with Crippen molar-refractivity contribution in [3.63, 3.8) is 0 Å². The lowest BCUT2D eigenvalue weighted by Gasteiger charge is -2.23. The Balaban J connectivity index is 3.00. The molecule has 3 heteroatoms. The molecule has 0 aliphatic rings. The number of hydrogen-bond donors (Lipinski definition) is 2. The molecule has 0 aliphatic heterocycles. The Morgan fingerprint density at radius 1 is 1.33 bits per heavy atom. The zero-order valence-corrected chi connectivity index (χ0v) is 12.1. The molecular weight excluding hydrogens is 226 g/mol. The molecule has 1 aromatic rings. The summed E-state index contributed by atoms with van der Waals surface area (Å²) in [5, 5.41) is 13.7. The first kappa shape index (κ1) is 15.0. The molecule has 0 aromatic heterocycles. The van der Waals surface area contributed by atoms with Crippen LogP contribution < -0.4 is 10.1 Å². The minimum Gasteiger partial charge on any atom is -0.496 e. The Bertz CT molecular complexity index is 390. The maximum absolute atomic E-state index is 10.4. The molecule has 18 heavy (non-hydrogen) atoms. The van der Waals surface area contributed by atoms with Gasteiger partial charge in [0, 0.05) is 11.6 Å². The van der Waals surface area contributed by atoms with E-state index in [-0.39, 0.29) is 6.04 Å². The Hall–Kier alpha value is -1.06. The van der Waals surface area contributed by atoms with E-state index in [1.165, 1.54) is 0 Å². The number of methoxy groups -OCH3 is 1. The highest BCUT2D eigenvalue weighted by molar-refractivity contribution is 5.45. The number of hydrogen-bond acceptors (Lipinski definition) is 3. The number of benzene rings is 1. The predicted molar refractivity (Wildman–Crippen MR) is 75.2 cm³/mol. The Labute approximate surface area is 110 Å². The van der Waals surface area contributed by atoms with Crippen LogP contribution in [0.15, 0.2) is 12.1 Å². The molecule has 2 atom stereocenters. The second-order valence-electron chi connectivity index (χ2n) is 4.89. The van der Waals surface area contributed by atoms with E-state index >= 15 is 0 Å². The van der Waals surface area contributed by atoms with Crippen molar-refractivity contribution < 1.29 is 9.84 Å². The Kier molecular flexibility index (Phi) is 5.63. The van der Waals surface area contributed by atoms with E-state index in [4.69, 9.17) is 4.74 Å². The molecule has 0 aliphatic carbocycles. The van der Waals surface area contributed by atoms with Gasteiger partial charge in [-0.25, -0.2) is 0 Å². The van der Waals surface area contributed by atoms with Crippen LogP contribution in [0, 0.1) is 13.8 Å². The van der Waals surface area contributed by atoms with Crippen LogP contribution in [0.25, 0.3) is 0 Å². The third-order valence-corrected chi connectivity index (χ3v) is 3.16. The fraction of sp³-hybridized carbons (Fsp3) is 0.600. The monoisotopic (exact) mass is 251 g/mol. The van der Waals surface area contributed by atoms with Crippen molar-refractivity contribution in [2.45, 2.75) is 46.3 Å². The van der Waals surface area contributed by atoms with Crippen molar-refractivity contribution in [3.8, 4) is 5.75 Å². The lowest BCUT2D eigenvalue weighted by Crippen LogP contribution is -2.33. The summed E-state index contributed by atoms with van der Waals surface area (Å²) in [6, 6.07) is 4.08. The molecule has 0 amide bonds. The van der Waals surface area contributed by atoms with E-state index in [9.17, 15) is 5.11 Å². The van der Waals surface area contributed by atoms with Crippen molar-refractivity contribution in [2.75, 3.05) is 13.7 Å². The molecular formula is C15H25NO2. The van der Waals surface area contributed by atoms with Gasteiger partial charge in [-0.3, -0.25) is 0 Å². The minimum absolute atomic E-state index is 0.0139. The standard InChI is InChI=1S/C15H25NO2/c1-6-7-16-12(4)14(17)13-9-10(2)8-11(3)15(13)18-5/h8-9,12,14,16-17H,6-7H2,1-5H3. The minimum atomic E-state index is -0.551. The molecule has 0 fully saturated rings. The van der Waals surface area contributed by atoms with E-state index in [0.717, 1.165) is 35.4 Å². The van der Waals surface area contributed by atoms with E-state index in [1.807, 2.05) is 26.8 Å². The number of ether oxygens (including phenoxy) is 1. The summed E-state index contributed by atoms with van der Waals surface area (Å²) in [6.07, 6.45) is 0.506. The van der Waals surface area contributed by atoms with Gasteiger partial charge in [0.15, 0.2) is 0 Å². The summed E-state index contributed by atoms with van der Waals surface area (Å²) >= 11 is 0. The average molecular weight is 251 g/mol. The average Bonchev–Trinajstić information content (AvgIpc) is 2.34. The van der Waals surface area contributed by atoms with Gasteiger partial charge >= 0.3 is 0 Å². The smallest absolute Gasteiger partial charge is 0.127 e. The number of nitrogens with one attached hydrogen (secondary N) is 1. The van der Waals surface area contributed by atoms with Gasteiger partial charge in [-0.1, -0.05) is 18.6 Å². The van der Waals surface area contributed by atoms with Crippen molar-refractivity contribution in [1.82, 2.24) is 5.32 Å². The number of rotatable bonds is 6. The number of aliphatic hydroxyl groups excluding tert-OH is 1. The summed E-state index contributed by atoms with van der Waals surface area (Å²) in [4.78, 5) is 0. The van der Waals surface area contributed by atoms with Crippen molar-refractivity contribution in [1.29, 1.82) is 0 Å². The zero-order valence-electron chi connectivity index (χ0n) is 12.1. The first-order valence-electron chi connectivity index (χ1n) is 6.57. The molecule has 0 spiro atoms. The Morgan fingerprint density at radius 3 is 2.56 bits per heavy atom. The highest BCUT2D eigenvalue weighted by Gasteiger charge is 2.21. The SMILES string of the molecule is CCCNC(C)C(O)c1cc(C)cc(C)c1OC. The maximum atomic E-state index is 10.4. The molecule has 0 saturated carbocycles. The van der Waals surface area contributed by atoms with Crippen LogP contribution in [0.4, 0.5) is 0 Å². The Morgan fingerprint density at radius 2 is 2.00 bits per heavy atom. The maximum Gasteiger partial charge on any atom is 0.127 e. The summed E-state index contributed by atoms with van der Waals surface area (Å²) in [5.74, 6) is 0.790. The lowest BCUT2D eigenvalue weighted by atomic mass is 9.97. The summed E-state index contributed by atoms with van der Waals surface area (Å²) in [5.41, 5.74) is 3.07. The van der Waals surface area contributed by atoms with Crippen LogP contribution in [0.5, 0.6) is 5.75 Å². The van der Waals surface area contributed by atoms with Crippen molar-refractivity contribution in [3.05, 3.63) is 28.8 Å². The number of aryl methyl sites for hydroxylation is 2. The van der Waals surface area contributed by atoms with Gasteiger partial charge in [0.1, 0.15) is 5.75 Å². The highest BCUT2D eigenvalue weighted by Crippen LogP contribution is 2.31. The molecule has 102 valence electrons. The quantitative estimate of drug-likeness (QED) is 0.817. The van der Waals surface area contributed by atoms with Gasteiger partial charge in [-0.15, -0.1) is 0 Å². The molecule has 2 unspecified atom stereocenters. The topological polar surface area (TPSA) is 41.5 Å². The first-order valence-corrected chi connectivity index (χ1v) is 6.57. The first-order chi connectivity index (χ1) is 8.51. The van der Waals surface area contributed by atoms with E-state index in [0.29, 0.717) is 0 Å². The fourth-order valence-corrected chi connectivity index (χ4v) is 2.24.